The van der Waals surface area contributed by atoms with Gasteiger partial charge < -0.3 is 4.74 Å². The highest BCUT2D eigenvalue weighted by Gasteiger charge is 2.06. The predicted molar refractivity (Wildman–Crippen MR) is 57.9 cm³/mol. The summed E-state index contributed by atoms with van der Waals surface area (Å²) in [7, 11) is 0. The molecular weight excluding hydrogens is 232 g/mol. The van der Waals surface area contributed by atoms with Gasteiger partial charge in [0.2, 0.25) is 0 Å². The van der Waals surface area contributed by atoms with E-state index in [9.17, 15) is 4.79 Å². The summed E-state index contributed by atoms with van der Waals surface area (Å²) in [6.07, 6.45) is 5.05. The minimum absolute atomic E-state index is 0.189. The van der Waals surface area contributed by atoms with Crippen molar-refractivity contribution in [2.75, 3.05) is 5.33 Å². The fourth-order valence-corrected chi connectivity index (χ4v) is 1.16. The maximum absolute atomic E-state index is 11.1. The SMILES string of the molecule is C=CC(C=C)OC(=O)CCCCBr. The fraction of sp³-hybridized carbons (Fsp3) is 0.500. The van der Waals surface area contributed by atoms with Crippen molar-refractivity contribution < 1.29 is 9.53 Å². The molecule has 0 aromatic rings. The zero-order chi connectivity index (χ0) is 10.1. The van der Waals surface area contributed by atoms with Gasteiger partial charge in [-0.3, -0.25) is 4.79 Å². The third-order valence-corrected chi connectivity index (χ3v) is 2.06. The second-order valence-electron chi connectivity index (χ2n) is 2.57. The molecule has 0 saturated carbocycles. The highest BCUT2D eigenvalue weighted by atomic mass is 79.9. The first-order chi connectivity index (χ1) is 6.24. The summed E-state index contributed by atoms with van der Waals surface area (Å²) in [5.74, 6) is -0.189. The van der Waals surface area contributed by atoms with Crippen LogP contribution in [0.3, 0.4) is 0 Å². The number of hydrogen-bond acceptors (Lipinski definition) is 2. The van der Waals surface area contributed by atoms with Crippen LogP contribution in [0.2, 0.25) is 0 Å². The topological polar surface area (TPSA) is 26.3 Å². The van der Waals surface area contributed by atoms with E-state index < -0.39 is 0 Å². The Labute approximate surface area is 87.8 Å². The average Bonchev–Trinajstić information content (AvgIpc) is 2.14. The zero-order valence-corrected chi connectivity index (χ0v) is 9.26. The first-order valence-electron chi connectivity index (χ1n) is 4.25. The van der Waals surface area contributed by atoms with Crippen LogP contribution in [0.5, 0.6) is 0 Å². The second-order valence-corrected chi connectivity index (χ2v) is 3.36. The van der Waals surface area contributed by atoms with Crippen molar-refractivity contribution in [3.05, 3.63) is 25.3 Å². The molecule has 0 saturated heterocycles. The highest BCUT2D eigenvalue weighted by Crippen LogP contribution is 2.03. The molecule has 0 aliphatic heterocycles. The van der Waals surface area contributed by atoms with Crippen LogP contribution in [0.1, 0.15) is 19.3 Å². The maximum Gasteiger partial charge on any atom is 0.306 e. The number of esters is 1. The summed E-state index contributed by atoms with van der Waals surface area (Å²) in [4.78, 5) is 11.1. The standard InChI is InChI=1S/C10H15BrO2/c1-3-9(4-2)13-10(12)7-5-6-8-11/h3-4,9H,1-2,5-8H2. The zero-order valence-electron chi connectivity index (χ0n) is 7.67. The van der Waals surface area contributed by atoms with E-state index in [2.05, 4.69) is 29.1 Å². The Hall–Kier alpha value is -0.570. The summed E-state index contributed by atoms with van der Waals surface area (Å²) in [6, 6.07) is 0. The largest absolute Gasteiger partial charge is 0.454 e. The van der Waals surface area contributed by atoms with Crippen molar-refractivity contribution in [3.63, 3.8) is 0 Å². The van der Waals surface area contributed by atoms with E-state index in [0.29, 0.717) is 6.42 Å². The summed E-state index contributed by atoms with van der Waals surface area (Å²) < 4.78 is 5.01. The predicted octanol–water partition coefficient (Wildman–Crippen LogP) is 2.84. The number of halogens is 1. The van der Waals surface area contributed by atoms with Crippen molar-refractivity contribution in [3.8, 4) is 0 Å². The van der Waals surface area contributed by atoms with E-state index in [1.54, 1.807) is 12.2 Å². The Morgan fingerprint density at radius 1 is 1.38 bits per heavy atom. The Kier molecular flexibility index (Phi) is 7.69. The third-order valence-electron chi connectivity index (χ3n) is 1.50. The molecule has 13 heavy (non-hydrogen) atoms. The highest BCUT2D eigenvalue weighted by molar-refractivity contribution is 9.09. The summed E-state index contributed by atoms with van der Waals surface area (Å²) in [5.41, 5.74) is 0. The molecular formula is C10H15BrO2. The van der Waals surface area contributed by atoms with Crippen LogP contribution in [-0.4, -0.2) is 17.4 Å². The van der Waals surface area contributed by atoms with E-state index >= 15 is 0 Å². The minimum Gasteiger partial charge on any atom is -0.454 e. The first-order valence-corrected chi connectivity index (χ1v) is 5.37. The molecule has 0 N–H and O–H groups in total. The number of carbonyl (C=O) groups excluding carboxylic acids is 1. The molecule has 0 aromatic carbocycles. The molecule has 0 aliphatic carbocycles. The monoisotopic (exact) mass is 246 g/mol. The van der Waals surface area contributed by atoms with E-state index in [1.807, 2.05) is 0 Å². The second kappa shape index (κ2) is 8.05. The molecule has 0 heterocycles. The quantitative estimate of drug-likeness (QED) is 0.299. The minimum atomic E-state index is -0.350. The summed E-state index contributed by atoms with van der Waals surface area (Å²) >= 11 is 3.29. The van der Waals surface area contributed by atoms with Crippen molar-refractivity contribution in [1.82, 2.24) is 0 Å². The van der Waals surface area contributed by atoms with E-state index in [-0.39, 0.29) is 12.1 Å². The Morgan fingerprint density at radius 2 is 2.00 bits per heavy atom. The first kappa shape index (κ1) is 12.4. The maximum atomic E-state index is 11.1. The summed E-state index contributed by atoms with van der Waals surface area (Å²) in [6.45, 7) is 7.05. The molecule has 0 aromatic heterocycles. The van der Waals surface area contributed by atoms with Gasteiger partial charge >= 0.3 is 5.97 Å². The van der Waals surface area contributed by atoms with Gasteiger partial charge in [0.05, 0.1) is 0 Å². The van der Waals surface area contributed by atoms with Gasteiger partial charge in [0.1, 0.15) is 6.10 Å². The fourth-order valence-electron chi connectivity index (χ4n) is 0.767. The molecule has 0 atom stereocenters. The lowest BCUT2D eigenvalue weighted by Crippen LogP contribution is -2.12. The van der Waals surface area contributed by atoms with E-state index in [1.165, 1.54) is 0 Å². The van der Waals surface area contributed by atoms with Crippen LogP contribution >= 0.6 is 15.9 Å². The third kappa shape index (κ3) is 6.58. The van der Waals surface area contributed by atoms with Crippen molar-refractivity contribution in [1.29, 1.82) is 0 Å². The van der Waals surface area contributed by atoms with Crippen LogP contribution in [0.15, 0.2) is 25.3 Å². The molecule has 0 aliphatic rings. The Morgan fingerprint density at radius 3 is 2.46 bits per heavy atom. The van der Waals surface area contributed by atoms with Crippen molar-refractivity contribution in [2.24, 2.45) is 0 Å². The van der Waals surface area contributed by atoms with Gasteiger partial charge in [-0.15, -0.1) is 0 Å². The van der Waals surface area contributed by atoms with Gasteiger partial charge in [-0.1, -0.05) is 29.1 Å². The number of carbonyl (C=O) groups is 1. The molecule has 0 spiro atoms. The number of alkyl halides is 1. The van der Waals surface area contributed by atoms with Crippen LogP contribution in [-0.2, 0) is 9.53 Å². The average molecular weight is 247 g/mol. The van der Waals surface area contributed by atoms with Gasteiger partial charge in [0, 0.05) is 11.8 Å². The van der Waals surface area contributed by atoms with Gasteiger partial charge in [-0.25, -0.2) is 0 Å². The lowest BCUT2D eigenvalue weighted by molar-refractivity contribution is -0.145. The van der Waals surface area contributed by atoms with E-state index in [4.69, 9.17) is 4.74 Å². The normalized spacial score (nSPS) is 9.69. The summed E-state index contributed by atoms with van der Waals surface area (Å²) in [5, 5.41) is 0.923. The Bertz CT molecular complexity index is 170. The van der Waals surface area contributed by atoms with E-state index in [0.717, 1.165) is 18.2 Å². The van der Waals surface area contributed by atoms with Gasteiger partial charge in [0.15, 0.2) is 0 Å². The van der Waals surface area contributed by atoms with Gasteiger partial charge in [0.25, 0.3) is 0 Å². The van der Waals surface area contributed by atoms with Crippen LogP contribution < -0.4 is 0 Å². The smallest absolute Gasteiger partial charge is 0.306 e. The number of rotatable bonds is 7. The molecule has 74 valence electrons. The lowest BCUT2D eigenvalue weighted by Gasteiger charge is -2.08. The van der Waals surface area contributed by atoms with Crippen LogP contribution in [0.25, 0.3) is 0 Å². The van der Waals surface area contributed by atoms with Crippen molar-refractivity contribution >= 4 is 21.9 Å². The molecule has 2 nitrogen and oxygen atoms in total. The molecule has 0 bridgehead atoms. The molecule has 0 rings (SSSR count). The van der Waals surface area contributed by atoms with Crippen LogP contribution in [0, 0.1) is 0 Å². The molecule has 0 amide bonds. The number of ether oxygens (including phenoxy) is 1. The van der Waals surface area contributed by atoms with Gasteiger partial charge in [-0.2, -0.15) is 0 Å². The molecule has 0 fully saturated rings. The van der Waals surface area contributed by atoms with Crippen molar-refractivity contribution in [2.45, 2.75) is 25.4 Å². The lowest BCUT2D eigenvalue weighted by atomic mass is 10.2. The molecule has 0 radical (unpaired) electrons. The number of unbranched alkanes of at least 4 members (excludes halogenated alkanes) is 1. The molecule has 0 unspecified atom stereocenters. The van der Waals surface area contributed by atoms with Crippen LogP contribution in [0.4, 0.5) is 0 Å². The Balaban J connectivity index is 3.60. The number of hydrogen-bond donors (Lipinski definition) is 0. The molecule has 3 heteroatoms. The van der Waals surface area contributed by atoms with Gasteiger partial charge in [-0.05, 0) is 25.0 Å².